The molecule has 0 aliphatic carbocycles. The normalized spacial score (nSPS) is 10.9. The summed E-state index contributed by atoms with van der Waals surface area (Å²) in [6.07, 6.45) is 3.38. The van der Waals surface area contributed by atoms with E-state index in [1.165, 1.54) is 11.3 Å². The highest BCUT2D eigenvalue weighted by atomic mass is 32.1. The molecule has 4 aromatic rings. The molecule has 0 aliphatic rings. The number of carbonyl (C=O) groups excluding carboxylic acids is 1. The quantitative estimate of drug-likeness (QED) is 0.542. The molecule has 0 unspecified atom stereocenters. The van der Waals surface area contributed by atoms with Gasteiger partial charge >= 0.3 is 0 Å². The van der Waals surface area contributed by atoms with Gasteiger partial charge in [-0.05, 0) is 43.2 Å². The van der Waals surface area contributed by atoms with Crippen LogP contribution in [-0.2, 0) is 12.8 Å². The molecule has 0 fully saturated rings. The van der Waals surface area contributed by atoms with Crippen molar-refractivity contribution in [2.75, 3.05) is 5.32 Å². The summed E-state index contributed by atoms with van der Waals surface area (Å²) in [5.41, 5.74) is 5.57. The average molecular weight is 389 g/mol. The standard InChI is InChI=1S/C21H19N5OS/c1-3-14-15(4-2)24-18-11-13(8-9-17(18)23-14)20(27)26-21-25-19(12-28-21)16-7-5-6-10-22-16/h5-12H,3-4H2,1-2H3,(H,25,26,27). The minimum absolute atomic E-state index is 0.219. The fourth-order valence-electron chi connectivity index (χ4n) is 2.97. The van der Waals surface area contributed by atoms with Crippen LogP contribution in [0.15, 0.2) is 48.0 Å². The molecule has 1 aromatic carbocycles. The lowest BCUT2D eigenvalue weighted by atomic mass is 10.1. The molecule has 4 rings (SSSR count). The van der Waals surface area contributed by atoms with Gasteiger partial charge < -0.3 is 0 Å². The van der Waals surface area contributed by atoms with Crippen molar-refractivity contribution < 1.29 is 4.79 Å². The van der Waals surface area contributed by atoms with Gasteiger partial charge in [0.25, 0.3) is 5.91 Å². The van der Waals surface area contributed by atoms with E-state index in [4.69, 9.17) is 4.98 Å². The van der Waals surface area contributed by atoms with Gasteiger partial charge in [-0.3, -0.25) is 15.1 Å². The highest BCUT2D eigenvalue weighted by molar-refractivity contribution is 7.14. The first-order valence-electron chi connectivity index (χ1n) is 9.15. The van der Waals surface area contributed by atoms with Crippen molar-refractivity contribution in [3.63, 3.8) is 0 Å². The number of anilines is 1. The van der Waals surface area contributed by atoms with E-state index in [0.717, 1.165) is 46.7 Å². The Morgan fingerprint density at radius 1 is 0.964 bits per heavy atom. The van der Waals surface area contributed by atoms with E-state index in [-0.39, 0.29) is 5.91 Å². The van der Waals surface area contributed by atoms with Crippen molar-refractivity contribution >= 4 is 33.4 Å². The first kappa shape index (κ1) is 18.2. The van der Waals surface area contributed by atoms with E-state index >= 15 is 0 Å². The summed E-state index contributed by atoms with van der Waals surface area (Å²) in [5.74, 6) is -0.219. The van der Waals surface area contributed by atoms with Crippen molar-refractivity contribution in [3.8, 4) is 11.4 Å². The summed E-state index contributed by atoms with van der Waals surface area (Å²) in [5, 5.41) is 5.27. The van der Waals surface area contributed by atoms with Gasteiger partial charge in [0.2, 0.25) is 0 Å². The van der Waals surface area contributed by atoms with E-state index in [9.17, 15) is 4.79 Å². The number of pyridine rings is 1. The number of benzene rings is 1. The van der Waals surface area contributed by atoms with Crippen molar-refractivity contribution in [2.24, 2.45) is 0 Å². The molecular formula is C21H19N5OS. The van der Waals surface area contributed by atoms with E-state index in [1.807, 2.05) is 29.6 Å². The predicted octanol–water partition coefficient (Wildman–Crippen LogP) is 4.53. The van der Waals surface area contributed by atoms with Crippen LogP contribution in [0, 0.1) is 0 Å². The number of hydrogen-bond donors (Lipinski definition) is 1. The van der Waals surface area contributed by atoms with Crippen LogP contribution >= 0.6 is 11.3 Å². The zero-order chi connectivity index (χ0) is 19.5. The Balaban J connectivity index is 1.58. The van der Waals surface area contributed by atoms with Gasteiger partial charge in [-0.1, -0.05) is 19.9 Å². The number of fused-ring (bicyclic) bond motifs is 1. The maximum atomic E-state index is 12.7. The van der Waals surface area contributed by atoms with Crippen LogP contribution in [0.4, 0.5) is 5.13 Å². The predicted molar refractivity (Wildman–Crippen MR) is 112 cm³/mol. The van der Waals surface area contributed by atoms with Gasteiger partial charge in [0.05, 0.1) is 28.1 Å². The number of rotatable bonds is 5. The zero-order valence-electron chi connectivity index (χ0n) is 15.6. The maximum absolute atomic E-state index is 12.7. The molecule has 0 saturated carbocycles. The molecule has 6 nitrogen and oxygen atoms in total. The minimum Gasteiger partial charge on any atom is -0.298 e. The highest BCUT2D eigenvalue weighted by Gasteiger charge is 2.13. The first-order valence-corrected chi connectivity index (χ1v) is 10.0. The molecule has 0 atom stereocenters. The van der Waals surface area contributed by atoms with E-state index in [1.54, 1.807) is 18.3 Å². The molecule has 0 radical (unpaired) electrons. The second-order valence-electron chi connectivity index (χ2n) is 6.23. The van der Waals surface area contributed by atoms with Crippen LogP contribution < -0.4 is 5.32 Å². The summed E-state index contributed by atoms with van der Waals surface area (Å²) in [6, 6.07) is 11.0. The number of nitrogens with one attached hydrogen (secondary N) is 1. The second-order valence-corrected chi connectivity index (χ2v) is 7.09. The van der Waals surface area contributed by atoms with Gasteiger partial charge in [0.15, 0.2) is 5.13 Å². The monoisotopic (exact) mass is 389 g/mol. The summed E-state index contributed by atoms with van der Waals surface area (Å²) < 4.78 is 0. The zero-order valence-corrected chi connectivity index (χ0v) is 16.5. The van der Waals surface area contributed by atoms with Crippen LogP contribution in [0.2, 0.25) is 0 Å². The van der Waals surface area contributed by atoms with Gasteiger partial charge in [-0.2, -0.15) is 0 Å². The van der Waals surface area contributed by atoms with Crippen molar-refractivity contribution in [1.29, 1.82) is 0 Å². The lowest BCUT2D eigenvalue weighted by Gasteiger charge is -2.08. The third-order valence-corrected chi connectivity index (χ3v) is 5.16. The number of aryl methyl sites for hydroxylation is 2. The Morgan fingerprint density at radius 3 is 2.46 bits per heavy atom. The lowest BCUT2D eigenvalue weighted by molar-refractivity contribution is 0.102. The SMILES string of the molecule is CCc1nc2ccc(C(=O)Nc3nc(-c4ccccn4)cs3)cc2nc1CC. The summed E-state index contributed by atoms with van der Waals surface area (Å²) in [7, 11) is 0. The Labute approximate surface area is 166 Å². The molecule has 1 N–H and O–H groups in total. The Kier molecular flexibility index (Phi) is 5.08. The second kappa shape index (κ2) is 7.82. The first-order chi connectivity index (χ1) is 13.7. The number of nitrogens with zero attached hydrogens (tertiary/aromatic N) is 4. The van der Waals surface area contributed by atoms with Crippen LogP contribution in [-0.4, -0.2) is 25.8 Å². The van der Waals surface area contributed by atoms with Crippen LogP contribution in [0.1, 0.15) is 35.6 Å². The number of aromatic nitrogens is 4. The van der Waals surface area contributed by atoms with E-state index < -0.39 is 0 Å². The van der Waals surface area contributed by atoms with E-state index in [0.29, 0.717) is 10.7 Å². The molecule has 0 bridgehead atoms. The smallest absolute Gasteiger partial charge is 0.257 e. The summed E-state index contributed by atoms with van der Waals surface area (Å²) >= 11 is 1.37. The third kappa shape index (κ3) is 3.61. The van der Waals surface area contributed by atoms with Gasteiger partial charge in [-0.25, -0.2) is 15.0 Å². The van der Waals surface area contributed by atoms with Crippen LogP contribution in [0.25, 0.3) is 22.4 Å². The summed E-state index contributed by atoms with van der Waals surface area (Å²) in [4.78, 5) is 30.8. The Hall–Kier alpha value is -3.19. The molecule has 1 amide bonds. The Bertz CT molecular complexity index is 1140. The molecule has 140 valence electrons. The minimum atomic E-state index is -0.219. The lowest BCUT2D eigenvalue weighted by Crippen LogP contribution is -2.12. The molecule has 3 aromatic heterocycles. The fourth-order valence-corrected chi connectivity index (χ4v) is 3.67. The molecule has 28 heavy (non-hydrogen) atoms. The van der Waals surface area contributed by atoms with Crippen LogP contribution in [0.3, 0.4) is 0 Å². The molecule has 0 saturated heterocycles. The number of thiazole rings is 1. The maximum Gasteiger partial charge on any atom is 0.257 e. The number of amides is 1. The molecule has 0 aliphatic heterocycles. The van der Waals surface area contributed by atoms with Crippen molar-refractivity contribution in [3.05, 3.63) is 64.9 Å². The molecular weight excluding hydrogens is 370 g/mol. The Morgan fingerprint density at radius 2 is 1.75 bits per heavy atom. The topological polar surface area (TPSA) is 80.7 Å². The van der Waals surface area contributed by atoms with Gasteiger partial charge in [0, 0.05) is 17.1 Å². The van der Waals surface area contributed by atoms with Crippen LogP contribution in [0.5, 0.6) is 0 Å². The summed E-state index contributed by atoms with van der Waals surface area (Å²) in [6.45, 7) is 4.14. The van der Waals surface area contributed by atoms with Crippen molar-refractivity contribution in [2.45, 2.75) is 26.7 Å². The van der Waals surface area contributed by atoms with Gasteiger partial charge in [0.1, 0.15) is 5.69 Å². The number of hydrogen-bond acceptors (Lipinski definition) is 6. The number of carbonyl (C=O) groups is 1. The average Bonchev–Trinajstić information content (AvgIpc) is 3.21. The fraction of sp³-hybridized carbons (Fsp3) is 0.190. The molecule has 7 heteroatoms. The highest BCUT2D eigenvalue weighted by Crippen LogP contribution is 2.24. The largest absolute Gasteiger partial charge is 0.298 e. The van der Waals surface area contributed by atoms with Crippen molar-refractivity contribution in [1.82, 2.24) is 19.9 Å². The van der Waals surface area contributed by atoms with Gasteiger partial charge in [-0.15, -0.1) is 11.3 Å². The molecule has 3 heterocycles. The van der Waals surface area contributed by atoms with E-state index in [2.05, 4.69) is 34.1 Å². The molecule has 0 spiro atoms. The third-order valence-electron chi connectivity index (χ3n) is 4.40.